The molecule has 0 saturated heterocycles. The van der Waals surface area contributed by atoms with Crippen molar-refractivity contribution in [3.63, 3.8) is 0 Å². The first-order chi connectivity index (χ1) is 17.2. The first kappa shape index (κ1) is 23.9. The van der Waals surface area contributed by atoms with Gasteiger partial charge >= 0.3 is 0 Å². The van der Waals surface area contributed by atoms with Gasteiger partial charge in [0.25, 0.3) is 5.91 Å². The van der Waals surface area contributed by atoms with E-state index < -0.39 is 0 Å². The largest absolute Gasteiger partial charge is 0.435 e. The van der Waals surface area contributed by atoms with Crippen molar-refractivity contribution in [2.45, 2.75) is 39.0 Å². The second-order valence-corrected chi connectivity index (χ2v) is 10.7. The van der Waals surface area contributed by atoms with Crippen molar-refractivity contribution in [3.8, 4) is 22.8 Å². The summed E-state index contributed by atoms with van der Waals surface area (Å²) in [7, 11) is 4.01. The van der Waals surface area contributed by atoms with Gasteiger partial charge in [0.1, 0.15) is 0 Å². The highest BCUT2D eigenvalue weighted by Crippen LogP contribution is 2.35. The third kappa shape index (κ3) is 4.53. The minimum absolute atomic E-state index is 0.0528. The van der Waals surface area contributed by atoms with E-state index in [4.69, 9.17) is 9.40 Å². The molecule has 36 heavy (non-hydrogen) atoms. The van der Waals surface area contributed by atoms with Gasteiger partial charge in [0.2, 0.25) is 5.89 Å². The van der Waals surface area contributed by atoms with Gasteiger partial charge in [-0.05, 0) is 71.8 Å². The molecule has 0 spiro atoms. The smallest absolute Gasteiger partial charge is 0.280 e. The fourth-order valence-electron chi connectivity index (χ4n) is 4.68. The zero-order valence-corrected chi connectivity index (χ0v) is 21.7. The van der Waals surface area contributed by atoms with Gasteiger partial charge in [-0.1, -0.05) is 51.1 Å². The quantitative estimate of drug-likeness (QED) is 0.317. The van der Waals surface area contributed by atoms with Gasteiger partial charge < -0.3 is 14.2 Å². The molecule has 1 aromatic heterocycles. The van der Waals surface area contributed by atoms with Crippen molar-refractivity contribution in [3.05, 3.63) is 89.6 Å². The summed E-state index contributed by atoms with van der Waals surface area (Å²) in [6.07, 6.45) is 1.90. The Kier molecular flexibility index (Phi) is 6.17. The molecular weight excluding hydrogens is 446 g/mol. The van der Waals surface area contributed by atoms with Crippen molar-refractivity contribution in [2.24, 2.45) is 0 Å². The van der Waals surface area contributed by atoms with Gasteiger partial charge in [-0.25, -0.2) is 4.98 Å². The van der Waals surface area contributed by atoms with E-state index in [0.29, 0.717) is 23.9 Å². The Morgan fingerprint density at radius 1 is 0.917 bits per heavy atom. The summed E-state index contributed by atoms with van der Waals surface area (Å²) in [5, 5.41) is 0. The maximum atomic E-state index is 14.0. The predicted octanol–water partition coefficient (Wildman–Crippen LogP) is 6.97. The molecule has 0 aliphatic carbocycles. The Bertz CT molecular complexity index is 1380. The molecule has 0 radical (unpaired) electrons. The third-order valence-electron chi connectivity index (χ3n) is 6.83. The topological polar surface area (TPSA) is 49.6 Å². The van der Waals surface area contributed by atoms with E-state index in [1.807, 2.05) is 78.5 Å². The number of fused-ring (bicyclic) bond motifs is 1. The van der Waals surface area contributed by atoms with Crippen LogP contribution in [0.4, 0.5) is 11.4 Å². The molecule has 1 aliphatic heterocycles. The van der Waals surface area contributed by atoms with Crippen LogP contribution < -0.4 is 9.80 Å². The Balaban J connectivity index is 1.59. The number of para-hydroxylation sites is 1. The van der Waals surface area contributed by atoms with Gasteiger partial charge in [-0.2, -0.15) is 0 Å². The maximum Gasteiger partial charge on any atom is 0.280 e. The number of anilines is 2. The zero-order chi connectivity index (χ0) is 25.4. The Morgan fingerprint density at radius 2 is 1.58 bits per heavy atom. The van der Waals surface area contributed by atoms with Crippen molar-refractivity contribution in [1.29, 1.82) is 0 Å². The molecule has 0 unspecified atom stereocenters. The highest BCUT2D eigenvalue weighted by Gasteiger charge is 2.30. The van der Waals surface area contributed by atoms with Gasteiger partial charge in [0, 0.05) is 43.1 Å². The lowest BCUT2D eigenvalue weighted by Crippen LogP contribution is -2.35. The van der Waals surface area contributed by atoms with Crippen molar-refractivity contribution >= 4 is 17.3 Å². The molecule has 5 rings (SSSR count). The Labute approximate surface area is 213 Å². The highest BCUT2D eigenvalue weighted by atomic mass is 16.4. The number of carbonyl (C=O) groups is 1. The predicted molar refractivity (Wildman–Crippen MR) is 147 cm³/mol. The normalized spacial score (nSPS) is 13.4. The second-order valence-electron chi connectivity index (χ2n) is 10.7. The van der Waals surface area contributed by atoms with E-state index in [0.717, 1.165) is 35.3 Å². The van der Waals surface area contributed by atoms with Crippen molar-refractivity contribution in [1.82, 2.24) is 4.98 Å². The van der Waals surface area contributed by atoms with Gasteiger partial charge in [0.15, 0.2) is 11.5 Å². The van der Waals surface area contributed by atoms with E-state index >= 15 is 0 Å². The zero-order valence-electron chi connectivity index (χ0n) is 21.7. The summed E-state index contributed by atoms with van der Waals surface area (Å²) in [5.41, 5.74) is 6.55. The van der Waals surface area contributed by atoms with Gasteiger partial charge in [0.05, 0.1) is 0 Å². The SMILES string of the molecule is CN(C)c1ccc(-c2oc(-c3ccc(C(C)(C)C)cc3)nc2C(=O)N2CCCc3ccccc32)cc1. The van der Waals surface area contributed by atoms with Crippen LogP contribution in [0.3, 0.4) is 0 Å². The lowest BCUT2D eigenvalue weighted by Gasteiger charge is -2.29. The van der Waals surface area contributed by atoms with Crippen LogP contribution in [-0.4, -0.2) is 31.5 Å². The summed E-state index contributed by atoms with van der Waals surface area (Å²) < 4.78 is 6.34. The number of hydrogen-bond acceptors (Lipinski definition) is 4. The first-order valence-corrected chi connectivity index (χ1v) is 12.5. The Morgan fingerprint density at radius 3 is 2.25 bits per heavy atom. The minimum Gasteiger partial charge on any atom is -0.435 e. The number of hydrogen-bond donors (Lipinski definition) is 0. The summed E-state index contributed by atoms with van der Waals surface area (Å²) in [5.74, 6) is 0.828. The monoisotopic (exact) mass is 479 g/mol. The molecular formula is C31H33N3O2. The van der Waals surface area contributed by atoms with Crippen LogP contribution in [0, 0.1) is 0 Å². The van der Waals surface area contributed by atoms with Crippen LogP contribution in [-0.2, 0) is 11.8 Å². The van der Waals surface area contributed by atoms with Crippen LogP contribution >= 0.6 is 0 Å². The Hall–Kier alpha value is -3.86. The highest BCUT2D eigenvalue weighted by molar-refractivity contribution is 6.09. The molecule has 0 N–H and O–H groups in total. The maximum absolute atomic E-state index is 14.0. The number of aryl methyl sites for hydroxylation is 1. The summed E-state index contributed by atoms with van der Waals surface area (Å²) in [4.78, 5) is 22.6. The molecule has 1 aliphatic rings. The van der Waals surface area contributed by atoms with E-state index in [-0.39, 0.29) is 11.3 Å². The molecule has 4 aromatic rings. The fraction of sp³-hybridized carbons (Fsp3) is 0.290. The van der Waals surface area contributed by atoms with Crippen molar-refractivity contribution < 1.29 is 9.21 Å². The first-order valence-electron chi connectivity index (χ1n) is 12.5. The molecule has 0 fully saturated rings. The van der Waals surface area contributed by atoms with E-state index in [2.05, 4.69) is 39.0 Å². The second kappa shape index (κ2) is 9.30. The molecule has 184 valence electrons. The number of carbonyl (C=O) groups excluding carboxylic acids is 1. The average Bonchev–Trinajstić information content (AvgIpc) is 3.33. The fourth-order valence-corrected chi connectivity index (χ4v) is 4.68. The summed E-state index contributed by atoms with van der Waals surface area (Å²) in [6, 6.07) is 24.4. The van der Waals surface area contributed by atoms with Gasteiger partial charge in [-0.3, -0.25) is 4.79 Å². The summed E-state index contributed by atoms with van der Waals surface area (Å²) in [6.45, 7) is 7.24. The van der Waals surface area contributed by atoms with Crippen LogP contribution in [0.15, 0.2) is 77.2 Å². The van der Waals surface area contributed by atoms with Crippen LogP contribution in [0.2, 0.25) is 0 Å². The molecule has 5 nitrogen and oxygen atoms in total. The number of nitrogens with zero attached hydrogens (tertiary/aromatic N) is 3. The molecule has 0 bridgehead atoms. The van der Waals surface area contributed by atoms with Gasteiger partial charge in [-0.15, -0.1) is 0 Å². The molecule has 0 atom stereocenters. The third-order valence-corrected chi connectivity index (χ3v) is 6.83. The molecule has 1 amide bonds. The number of aromatic nitrogens is 1. The molecule has 3 aromatic carbocycles. The van der Waals surface area contributed by atoms with Crippen molar-refractivity contribution in [2.75, 3.05) is 30.4 Å². The van der Waals surface area contributed by atoms with E-state index in [1.54, 1.807) is 0 Å². The number of rotatable bonds is 4. The minimum atomic E-state index is -0.129. The van der Waals surface area contributed by atoms with Crippen LogP contribution in [0.1, 0.15) is 48.8 Å². The molecule has 0 saturated carbocycles. The molecule has 5 heteroatoms. The van der Waals surface area contributed by atoms with E-state index in [9.17, 15) is 4.79 Å². The standard InChI is InChI=1S/C31H33N3O2/c1-31(2,3)24-16-12-23(13-17-24)29-32-27(28(36-29)22-14-18-25(19-15-22)33(4)5)30(35)34-20-8-10-21-9-6-7-11-26(21)34/h6-7,9,11-19H,8,10,20H2,1-5H3. The van der Waals surface area contributed by atoms with Crippen LogP contribution in [0.5, 0.6) is 0 Å². The number of oxazole rings is 1. The average molecular weight is 480 g/mol. The molecule has 2 heterocycles. The van der Waals surface area contributed by atoms with Crippen LogP contribution in [0.25, 0.3) is 22.8 Å². The summed E-state index contributed by atoms with van der Waals surface area (Å²) >= 11 is 0. The lowest BCUT2D eigenvalue weighted by atomic mass is 9.87. The number of benzene rings is 3. The lowest BCUT2D eigenvalue weighted by molar-refractivity contribution is 0.0981. The van der Waals surface area contributed by atoms with E-state index in [1.165, 1.54) is 11.1 Å². The number of amides is 1.